The lowest BCUT2D eigenvalue weighted by atomic mass is 9.77. The summed E-state index contributed by atoms with van der Waals surface area (Å²) >= 11 is 6.22. The molecule has 3 aliphatic rings. The Hall–Kier alpha value is -2.37. The number of fused-ring (bicyclic) bond motifs is 2. The van der Waals surface area contributed by atoms with Gasteiger partial charge >= 0.3 is 0 Å². The number of aliphatic hydroxyl groups is 3. The van der Waals surface area contributed by atoms with E-state index in [-0.39, 0.29) is 16.5 Å². The van der Waals surface area contributed by atoms with E-state index in [1.807, 2.05) is 6.07 Å². The first-order valence-corrected chi connectivity index (χ1v) is 10.8. The first-order valence-electron chi connectivity index (χ1n) is 10.4. The van der Waals surface area contributed by atoms with Crippen molar-refractivity contribution in [2.75, 3.05) is 24.6 Å². The van der Waals surface area contributed by atoms with Gasteiger partial charge in [-0.15, -0.1) is 0 Å². The zero-order chi connectivity index (χ0) is 22.2. The lowest BCUT2D eigenvalue weighted by molar-refractivity contribution is -0.0511. The second-order valence-electron chi connectivity index (χ2n) is 8.99. The van der Waals surface area contributed by atoms with Gasteiger partial charge in [0.2, 0.25) is 5.28 Å². The number of nitrogens with zero attached hydrogens (tertiary/aromatic N) is 5. The highest BCUT2D eigenvalue weighted by Gasteiger charge is 2.49. The lowest BCUT2D eigenvalue weighted by Gasteiger charge is -2.49. The van der Waals surface area contributed by atoms with Gasteiger partial charge in [-0.2, -0.15) is 9.97 Å². The quantitative estimate of drug-likeness (QED) is 0.491. The molecule has 168 valence electrons. The van der Waals surface area contributed by atoms with Crippen LogP contribution in [0.3, 0.4) is 0 Å². The summed E-state index contributed by atoms with van der Waals surface area (Å²) in [5.41, 5.74) is 3.15. The molecule has 2 saturated heterocycles. The molecule has 1 aromatic carbocycles. The Bertz CT molecular complexity index is 1220. The minimum atomic E-state index is -1.26. The molecule has 4 heterocycles. The van der Waals surface area contributed by atoms with Crippen LogP contribution in [0.25, 0.3) is 11.2 Å². The number of hydrogen-bond acceptors (Lipinski definition) is 8. The maximum Gasteiger partial charge on any atom is 0.226 e. The topological polar surface area (TPSA) is 117 Å². The van der Waals surface area contributed by atoms with Crippen molar-refractivity contribution >= 4 is 28.6 Å². The minimum Gasteiger partial charge on any atom is -0.394 e. The molecular formula is C21H21ClFN5O4. The molecule has 3 N–H and O–H groups in total. The number of benzene rings is 1. The highest BCUT2D eigenvalue weighted by molar-refractivity contribution is 6.28. The summed E-state index contributed by atoms with van der Waals surface area (Å²) in [6.45, 7) is 1.03. The van der Waals surface area contributed by atoms with Crippen LogP contribution in [0.5, 0.6) is 0 Å². The Labute approximate surface area is 187 Å². The second kappa shape index (κ2) is 7.06. The Morgan fingerprint density at radius 2 is 1.94 bits per heavy atom. The Balaban J connectivity index is 1.29. The van der Waals surface area contributed by atoms with E-state index in [9.17, 15) is 19.7 Å². The van der Waals surface area contributed by atoms with Gasteiger partial charge in [0, 0.05) is 18.5 Å². The van der Waals surface area contributed by atoms with Crippen LogP contribution in [0, 0.1) is 11.2 Å². The maximum absolute atomic E-state index is 13.6. The van der Waals surface area contributed by atoms with Crippen LogP contribution in [-0.2, 0) is 17.6 Å². The molecular weight excluding hydrogens is 441 g/mol. The second-order valence-corrected chi connectivity index (χ2v) is 9.33. The third-order valence-electron chi connectivity index (χ3n) is 6.82. The van der Waals surface area contributed by atoms with Crippen molar-refractivity contribution in [3.8, 4) is 0 Å². The van der Waals surface area contributed by atoms with E-state index in [1.54, 1.807) is 6.07 Å². The molecule has 0 unspecified atom stereocenters. The molecule has 0 amide bonds. The summed E-state index contributed by atoms with van der Waals surface area (Å²) in [7, 11) is 0. The fourth-order valence-corrected chi connectivity index (χ4v) is 5.49. The first kappa shape index (κ1) is 20.3. The molecule has 3 aromatic rings. The molecule has 0 saturated carbocycles. The molecule has 6 rings (SSSR count). The number of aliphatic hydroxyl groups excluding tert-OH is 3. The summed E-state index contributed by atoms with van der Waals surface area (Å²) in [6, 6.07) is 4.99. The molecule has 32 heavy (non-hydrogen) atoms. The predicted molar refractivity (Wildman–Crippen MR) is 112 cm³/mol. The smallest absolute Gasteiger partial charge is 0.226 e. The molecule has 2 aliphatic heterocycles. The summed E-state index contributed by atoms with van der Waals surface area (Å²) in [5.74, 6) is 0.370. The average Bonchev–Trinajstić information content (AvgIpc) is 3.40. The van der Waals surface area contributed by atoms with Crippen LogP contribution in [0.4, 0.5) is 10.2 Å². The van der Waals surface area contributed by atoms with Crippen LogP contribution in [0.1, 0.15) is 17.4 Å². The van der Waals surface area contributed by atoms with Crippen molar-refractivity contribution in [1.29, 1.82) is 0 Å². The monoisotopic (exact) mass is 461 g/mol. The van der Waals surface area contributed by atoms with Crippen LogP contribution in [0.2, 0.25) is 5.28 Å². The summed E-state index contributed by atoms with van der Waals surface area (Å²) in [6.07, 6.45) is -1.20. The van der Waals surface area contributed by atoms with E-state index in [0.717, 1.165) is 31.5 Å². The highest BCUT2D eigenvalue weighted by atomic mass is 35.5. The molecule has 2 aromatic heterocycles. The standard InChI is InChI=1S/C21H21ClFN5O4/c22-20-25-17(27-7-21(8-27)4-10-1-2-12(23)3-11(10)5-21)14-18(26-20)28(9-24-14)19-16(31)15(30)13(6-29)32-19/h1-3,9,13,15-16,19,29-31H,4-8H2/t13-,15-,16-,19-/m1/s1. The summed E-state index contributed by atoms with van der Waals surface area (Å²) in [4.78, 5) is 15.2. The number of aromatic nitrogens is 4. The zero-order valence-corrected chi connectivity index (χ0v) is 17.7. The third-order valence-corrected chi connectivity index (χ3v) is 6.99. The van der Waals surface area contributed by atoms with Gasteiger partial charge in [0.1, 0.15) is 24.1 Å². The van der Waals surface area contributed by atoms with Gasteiger partial charge in [-0.3, -0.25) is 4.57 Å². The van der Waals surface area contributed by atoms with Gasteiger partial charge in [0.05, 0.1) is 12.9 Å². The minimum absolute atomic E-state index is 0.0266. The lowest BCUT2D eigenvalue weighted by Crippen LogP contribution is -2.57. The van der Waals surface area contributed by atoms with Crippen molar-refractivity contribution in [2.24, 2.45) is 5.41 Å². The average molecular weight is 462 g/mol. The molecule has 1 spiro atoms. The number of imidazole rings is 1. The number of anilines is 1. The number of hydrogen-bond donors (Lipinski definition) is 3. The van der Waals surface area contributed by atoms with Crippen LogP contribution >= 0.6 is 11.6 Å². The predicted octanol–water partition coefficient (Wildman–Crippen LogP) is 0.835. The van der Waals surface area contributed by atoms with Gasteiger partial charge in [-0.1, -0.05) is 6.07 Å². The normalized spacial score (nSPS) is 28.5. The Morgan fingerprint density at radius 3 is 2.69 bits per heavy atom. The fraction of sp³-hybridized carbons (Fsp3) is 0.476. The van der Waals surface area contributed by atoms with E-state index >= 15 is 0 Å². The van der Waals surface area contributed by atoms with Crippen LogP contribution in [0.15, 0.2) is 24.5 Å². The van der Waals surface area contributed by atoms with Gasteiger partial charge in [0.25, 0.3) is 0 Å². The molecule has 0 bridgehead atoms. The van der Waals surface area contributed by atoms with E-state index < -0.39 is 31.1 Å². The third kappa shape index (κ3) is 2.94. The SMILES string of the molecule is OC[C@H]1O[C@@H](n2cnc3c(N4CC5(Cc6ccc(F)cc6C5)C4)nc(Cl)nc32)[C@H](O)[C@@H]1O. The molecule has 11 heteroatoms. The molecule has 0 radical (unpaired) electrons. The van der Waals surface area contributed by atoms with Crippen molar-refractivity contribution in [3.63, 3.8) is 0 Å². The number of rotatable bonds is 3. The Morgan fingerprint density at radius 1 is 1.16 bits per heavy atom. The summed E-state index contributed by atoms with van der Waals surface area (Å²) < 4.78 is 20.7. The summed E-state index contributed by atoms with van der Waals surface area (Å²) in [5, 5.41) is 29.9. The molecule has 2 fully saturated rings. The van der Waals surface area contributed by atoms with E-state index in [1.165, 1.54) is 22.5 Å². The number of ether oxygens (including phenoxy) is 1. The first-order chi connectivity index (χ1) is 15.4. The van der Waals surface area contributed by atoms with Gasteiger partial charge in [-0.05, 0) is 47.7 Å². The van der Waals surface area contributed by atoms with Gasteiger partial charge in [0.15, 0.2) is 23.2 Å². The van der Waals surface area contributed by atoms with Gasteiger partial charge in [-0.25, -0.2) is 9.37 Å². The van der Waals surface area contributed by atoms with Crippen LogP contribution in [-0.4, -0.2) is 72.8 Å². The van der Waals surface area contributed by atoms with Crippen molar-refractivity contribution in [1.82, 2.24) is 19.5 Å². The Kier molecular flexibility index (Phi) is 4.47. The molecule has 4 atom stereocenters. The van der Waals surface area contributed by atoms with Crippen LogP contribution < -0.4 is 4.90 Å². The van der Waals surface area contributed by atoms with Crippen molar-refractivity contribution in [2.45, 2.75) is 37.4 Å². The van der Waals surface area contributed by atoms with Gasteiger partial charge < -0.3 is 25.0 Å². The largest absolute Gasteiger partial charge is 0.394 e. The zero-order valence-electron chi connectivity index (χ0n) is 16.9. The molecule has 9 nitrogen and oxygen atoms in total. The van der Waals surface area contributed by atoms with Crippen molar-refractivity contribution in [3.05, 3.63) is 46.8 Å². The maximum atomic E-state index is 13.6. The van der Waals surface area contributed by atoms with E-state index in [2.05, 4.69) is 19.9 Å². The fourth-order valence-electron chi connectivity index (χ4n) is 5.33. The highest BCUT2D eigenvalue weighted by Crippen LogP contribution is 2.46. The number of halogens is 2. The van der Waals surface area contributed by atoms with E-state index in [4.69, 9.17) is 16.3 Å². The molecule has 1 aliphatic carbocycles. The van der Waals surface area contributed by atoms with E-state index in [0.29, 0.717) is 17.0 Å². The van der Waals surface area contributed by atoms with Crippen molar-refractivity contribution < 1.29 is 24.4 Å².